The Labute approximate surface area is 163 Å². The Balaban J connectivity index is 2.05. The molecule has 0 unspecified atom stereocenters. The van der Waals surface area contributed by atoms with Crippen LogP contribution >= 0.6 is 23.8 Å². The van der Waals surface area contributed by atoms with Crippen LogP contribution in [-0.2, 0) is 0 Å². The van der Waals surface area contributed by atoms with Gasteiger partial charge in [0.15, 0.2) is 5.11 Å². The van der Waals surface area contributed by atoms with Crippen molar-refractivity contribution < 1.29 is 9.59 Å². The van der Waals surface area contributed by atoms with Gasteiger partial charge in [0.1, 0.15) is 0 Å². The van der Waals surface area contributed by atoms with Gasteiger partial charge in [0.2, 0.25) is 0 Å². The number of rotatable bonds is 5. The summed E-state index contributed by atoms with van der Waals surface area (Å²) in [4.78, 5) is 26.4. The van der Waals surface area contributed by atoms with Crippen LogP contribution in [0.1, 0.15) is 34.6 Å². The normalized spacial score (nSPS) is 10.1. The third-order valence-corrected chi connectivity index (χ3v) is 4.30. The maximum absolute atomic E-state index is 12.4. The monoisotopic (exact) mass is 389 g/mol. The predicted molar refractivity (Wildman–Crippen MR) is 109 cm³/mol. The summed E-state index contributed by atoms with van der Waals surface area (Å²) in [5, 5.41) is 5.97. The number of halogens is 1. The van der Waals surface area contributed by atoms with Gasteiger partial charge in [0.25, 0.3) is 11.8 Å². The highest BCUT2D eigenvalue weighted by Crippen LogP contribution is 2.15. The molecule has 2 amide bonds. The molecule has 0 aliphatic heterocycles. The van der Waals surface area contributed by atoms with E-state index in [1.807, 2.05) is 13.8 Å². The van der Waals surface area contributed by atoms with E-state index >= 15 is 0 Å². The van der Waals surface area contributed by atoms with Gasteiger partial charge in [-0.3, -0.25) is 14.9 Å². The number of carbonyl (C=O) groups excluding carboxylic acids is 2. The zero-order valence-electron chi connectivity index (χ0n) is 14.6. The van der Waals surface area contributed by atoms with Crippen molar-refractivity contribution in [3.63, 3.8) is 0 Å². The molecule has 0 saturated heterocycles. The largest absolute Gasteiger partial charge is 0.339 e. The molecule has 0 aliphatic rings. The highest BCUT2D eigenvalue weighted by atomic mass is 35.5. The van der Waals surface area contributed by atoms with E-state index in [9.17, 15) is 9.59 Å². The molecule has 0 radical (unpaired) electrons. The number of hydrogen-bond acceptors (Lipinski definition) is 3. The van der Waals surface area contributed by atoms with E-state index in [1.165, 1.54) is 0 Å². The van der Waals surface area contributed by atoms with Crippen molar-refractivity contribution >= 4 is 46.4 Å². The quantitative estimate of drug-likeness (QED) is 0.760. The molecule has 2 aromatic carbocycles. The Morgan fingerprint density at radius 1 is 1.08 bits per heavy atom. The number of carbonyl (C=O) groups is 2. The lowest BCUT2D eigenvalue weighted by molar-refractivity contribution is 0.0772. The zero-order chi connectivity index (χ0) is 19.1. The summed E-state index contributed by atoms with van der Waals surface area (Å²) in [7, 11) is 0. The lowest BCUT2D eigenvalue weighted by atomic mass is 10.1. The Hall–Kier alpha value is -2.44. The van der Waals surface area contributed by atoms with E-state index in [0.29, 0.717) is 34.9 Å². The first kappa shape index (κ1) is 19.9. The summed E-state index contributed by atoms with van der Waals surface area (Å²) in [6.07, 6.45) is 0. The lowest BCUT2D eigenvalue weighted by Gasteiger charge is -2.19. The molecule has 0 atom stereocenters. The molecule has 0 fully saturated rings. The summed E-state index contributed by atoms with van der Waals surface area (Å²) in [5.74, 6) is -0.451. The van der Waals surface area contributed by atoms with E-state index in [2.05, 4.69) is 10.6 Å². The van der Waals surface area contributed by atoms with Crippen molar-refractivity contribution in [3.05, 3.63) is 64.7 Å². The number of anilines is 1. The van der Waals surface area contributed by atoms with Crippen molar-refractivity contribution in [1.29, 1.82) is 0 Å². The summed E-state index contributed by atoms with van der Waals surface area (Å²) >= 11 is 11.2. The van der Waals surface area contributed by atoms with Crippen LogP contribution in [-0.4, -0.2) is 34.9 Å². The maximum Gasteiger partial charge on any atom is 0.258 e. The van der Waals surface area contributed by atoms with Gasteiger partial charge in [-0.25, -0.2) is 0 Å². The van der Waals surface area contributed by atoms with Crippen molar-refractivity contribution in [1.82, 2.24) is 10.2 Å². The zero-order valence-corrected chi connectivity index (χ0v) is 16.2. The Morgan fingerprint density at radius 2 is 1.77 bits per heavy atom. The van der Waals surface area contributed by atoms with E-state index in [4.69, 9.17) is 23.8 Å². The van der Waals surface area contributed by atoms with Gasteiger partial charge in [0.05, 0.1) is 10.6 Å². The minimum Gasteiger partial charge on any atom is -0.339 e. The summed E-state index contributed by atoms with van der Waals surface area (Å²) in [6.45, 7) is 5.14. The van der Waals surface area contributed by atoms with Crippen molar-refractivity contribution in [2.24, 2.45) is 0 Å². The molecule has 0 aromatic heterocycles. The van der Waals surface area contributed by atoms with Crippen LogP contribution < -0.4 is 10.6 Å². The lowest BCUT2D eigenvalue weighted by Crippen LogP contribution is -2.34. The van der Waals surface area contributed by atoms with E-state index in [0.717, 1.165) is 0 Å². The first-order valence-corrected chi connectivity index (χ1v) is 9.01. The molecule has 2 rings (SSSR count). The van der Waals surface area contributed by atoms with Crippen LogP contribution in [0.2, 0.25) is 5.02 Å². The molecule has 136 valence electrons. The molecule has 5 nitrogen and oxygen atoms in total. The van der Waals surface area contributed by atoms with Crippen LogP contribution in [0.3, 0.4) is 0 Å². The van der Waals surface area contributed by atoms with Gasteiger partial charge in [-0.2, -0.15) is 0 Å². The number of nitrogens with zero attached hydrogens (tertiary/aromatic N) is 1. The molecule has 0 aliphatic carbocycles. The van der Waals surface area contributed by atoms with Gasteiger partial charge in [-0.1, -0.05) is 29.8 Å². The molecular weight excluding hydrogens is 370 g/mol. The van der Waals surface area contributed by atoms with Crippen LogP contribution in [0, 0.1) is 0 Å². The minimum absolute atomic E-state index is 0.0512. The van der Waals surface area contributed by atoms with E-state index in [1.54, 1.807) is 53.4 Å². The first-order valence-electron chi connectivity index (χ1n) is 8.22. The van der Waals surface area contributed by atoms with Gasteiger partial charge < -0.3 is 10.2 Å². The standard InChI is InChI=1S/C19H20ClN3O2S/c1-3-23(4-2)18(25)13-8-7-9-14(12-13)21-19(26)22-17(24)15-10-5-6-11-16(15)20/h5-12H,3-4H2,1-2H3,(H2,21,22,24,26). The Morgan fingerprint density at radius 3 is 2.42 bits per heavy atom. The van der Waals surface area contributed by atoms with Crippen molar-refractivity contribution in [2.75, 3.05) is 18.4 Å². The SMILES string of the molecule is CCN(CC)C(=O)c1cccc(NC(=S)NC(=O)c2ccccc2Cl)c1. The van der Waals surface area contributed by atoms with Crippen LogP contribution in [0.15, 0.2) is 48.5 Å². The molecule has 0 spiro atoms. The molecule has 7 heteroatoms. The van der Waals surface area contributed by atoms with E-state index < -0.39 is 5.91 Å². The third-order valence-electron chi connectivity index (χ3n) is 3.76. The first-order chi connectivity index (χ1) is 12.5. The topological polar surface area (TPSA) is 61.4 Å². The fourth-order valence-electron chi connectivity index (χ4n) is 2.40. The molecule has 0 bridgehead atoms. The predicted octanol–water partition coefficient (Wildman–Crippen LogP) is 3.95. The average molecular weight is 390 g/mol. The Bertz CT molecular complexity index is 822. The molecule has 0 saturated carbocycles. The van der Waals surface area contributed by atoms with Crippen LogP contribution in [0.25, 0.3) is 0 Å². The fourth-order valence-corrected chi connectivity index (χ4v) is 2.83. The van der Waals surface area contributed by atoms with Crippen molar-refractivity contribution in [2.45, 2.75) is 13.8 Å². The number of benzene rings is 2. The second-order valence-electron chi connectivity index (χ2n) is 5.45. The van der Waals surface area contributed by atoms with Gasteiger partial charge >= 0.3 is 0 Å². The van der Waals surface area contributed by atoms with Crippen LogP contribution in [0.5, 0.6) is 0 Å². The number of thiocarbonyl (C=S) groups is 1. The summed E-state index contributed by atoms with van der Waals surface area (Å²) in [5.41, 5.74) is 1.51. The molecule has 2 aromatic rings. The summed E-state index contributed by atoms with van der Waals surface area (Å²) in [6, 6.07) is 13.7. The second kappa shape index (κ2) is 9.31. The molecule has 0 heterocycles. The molecule has 26 heavy (non-hydrogen) atoms. The molecular formula is C19H20ClN3O2S. The van der Waals surface area contributed by atoms with Gasteiger partial charge in [-0.05, 0) is 56.4 Å². The highest BCUT2D eigenvalue weighted by molar-refractivity contribution is 7.80. The number of hydrogen-bond donors (Lipinski definition) is 2. The summed E-state index contributed by atoms with van der Waals surface area (Å²) < 4.78 is 0. The highest BCUT2D eigenvalue weighted by Gasteiger charge is 2.14. The average Bonchev–Trinajstić information content (AvgIpc) is 2.63. The maximum atomic E-state index is 12.4. The smallest absolute Gasteiger partial charge is 0.258 e. The van der Waals surface area contributed by atoms with Crippen molar-refractivity contribution in [3.8, 4) is 0 Å². The fraction of sp³-hybridized carbons (Fsp3) is 0.211. The van der Waals surface area contributed by atoms with Gasteiger partial charge in [-0.15, -0.1) is 0 Å². The molecule has 2 N–H and O–H groups in total. The number of nitrogens with one attached hydrogen (secondary N) is 2. The number of amides is 2. The second-order valence-corrected chi connectivity index (χ2v) is 6.26. The van der Waals surface area contributed by atoms with E-state index in [-0.39, 0.29) is 11.0 Å². The minimum atomic E-state index is -0.400. The third kappa shape index (κ3) is 5.03. The Kier molecular flexibility index (Phi) is 7.12. The van der Waals surface area contributed by atoms with Gasteiger partial charge in [0, 0.05) is 24.3 Å². The van der Waals surface area contributed by atoms with Crippen LogP contribution in [0.4, 0.5) is 5.69 Å².